The summed E-state index contributed by atoms with van der Waals surface area (Å²) in [5, 5.41) is 47.6. The molecule has 2 aliphatic heterocycles. The summed E-state index contributed by atoms with van der Waals surface area (Å²) in [6.45, 7) is 15.0. The molecule has 0 aromatic carbocycles. The van der Waals surface area contributed by atoms with E-state index < -0.39 is 77.3 Å². The summed E-state index contributed by atoms with van der Waals surface area (Å²) < 4.78 is 26.1. The monoisotopic (exact) mass is 764 g/mol. The standard InChI is InChI=1S/C37H65BN6O10/c1-13-28-37(8,49)32(47)23(4)29(40-51-17-16-42(9)10)21(2)19-36(7,50-12)33(24(5)30(45)25(6)34(48)53-28)54-35-31(46)27(18-22(3)52-35)43(11)15-14-26-20-44(38)41-39-26/h20-25,27-28,31-33,35,46-47,49H,13-19H2,1-12H3/t21-,22-,23+,24+,25-,27+,28-,31-,32-,33-,35+,36-,37-/m1/s1. The van der Waals surface area contributed by atoms with Crippen LogP contribution in [-0.4, -0.2) is 167 Å². The number of methoxy groups -OCH3 is 1. The van der Waals surface area contributed by atoms with E-state index in [1.54, 1.807) is 33.9 Å². The Morgan fingerprint density at radius 1 is 1.09 bits per heavy atom. The number of hydrogen-bond acceptors (Lipinski definition) is 15. The molecule has 17 heteroatoms. The van der Waals surface area contributed by atoms with Crippen LogP contribution in [0.5, 0.6) is 0 Å². The van der Waals surface area contributed by atoms with Gasteiger partial charge in [-0.1, -0.05) is 38.1 Å². The van der Waals surface area contributed by atoms with Crippen LogP contribution >= 0.6 is 0 Å². The van der Waals surface area contributed by atoms with Crippen LogP contribution in [0, 0.1) is 23.7 Å². The molecule has 16 nitrogen and oxygen atoms in total. The molecule has 1 aromatic rings. The number of nitrogens with zero attached hydrogens (tertiary/aromatic N) is 6. The fourth-order valence-corrected chi connectivity index (χ4v) is 7.77. The average molecular weight is 765 g/mol. The number of aliphatic hydroxyl groups is 3. The van der Waals surface area contributed by atoms with Crippen LogP contribution in [0.25, 0.3) is 0 Å². The number of likely N-dealkylation sites (N-methyl/N-ethyl adjacent to an activating group) is 2. The summed E-state index contributed by atoms with van der Waals surface area (Å²) in [6.07, 6.45) is -3.16. The summed E-state index contributed by atoms with van der Waals surface area (Å²) >= 11 is 0. The van der Waals surface area contributed by atoms with Crippen molar-refractivity contribution in [1.82, 2.24) is 24.7 Å². The second-order valence-corrected chi connectivity index (χ2v) is 16.1. The first-order chi connectivity index (χ1) is 25.2. The topological polar surface area (TPSA) is 191 Å². The molecule has 2 saturated heterocycles. The van der Waals surface area contributed by atoms with E-state index in [9.17, 15) is 24.9 Å². The van der Waals surface area contributed by atoms with Gasteiger partial charge in [0.25, 0.3) is 7.98 Å². The quantitative estimate of drug-likeness (QED) is 0.0906. The Hall–Kier alpha value is -2.51. The normalized spacial score (nSPS) is 38.5. The van der Waals surface area contributed by atoms with Crippen LogP contribution in [-0.2, 0) is 39.8 Å². The number of cyclic esters (lactones) is 1. The van der Waals surface area contributed by atoms with E-state index in [4.69, 9.17) is 31.8 Å². The third-order valence-corrected chi connectivity index (χ3v) is 11.3. The van der Waals surface area contributed by atoms with E-state index in [2.05, 4.69) is 15.5 Å². The molecule has 3 rings (SSSR count). The Bertz CT molecular complexity index is 1400. The van der Waals surface area contributed by atoms with Crippen molar-refractivity contribution in [1.29, 1.82) is 0 Å². The minimum absolute atomic E-state index is 0.172. The maximum atomic E-state index is 14.2. The van der Waals surface area contributed by atoms with Crippen LogP contribution in [0.1, 0.15) is 80.3 Å². The van der Waals surface area contributed by atoms with Gasteiger partial charge in [-0.3, -0.25) is 9.59 Å². The zero-order valence-corrected chi connectivity index (χ0v) is 34.3. The average Bonchev–Trinajstić information content (AvgIpc) is 3.54. The van der Waals surface area contributed by atoms with Crippen LogP contribution in [0.15, 0.2) is 11.4 Å². The number of ether oxygens (including phenoxy) is 4. The van der Waals surface area contributed by atoms with Gasteiger partial charge >= 0.3 is 5.97 Å². The van der Waals surface area contributed by atoms with Gasteiger partial charge in [-0.25, -0.2) is 0 Å². The Balaban J connectivity index is 2.06. The van der Waals surface area contributed by atoms with E-state index in [1.807, 2.05) is 44.8 Å². The van der Waals surface area contributed by atoms with Gasteiger partial charge in [-0.05, 0) is 68.1 Å². The molecule has 0 spiro atoms. The van der Waals surface area contributed by atoms with Crippen molar-refractivity contribution < 1.29 is 48.7 Å². The molecular formula is C37H65BN6O10. The molecule has 54 heavy (non-hydrogen) atoms. The largest absolute Gasteiger partial charge is 0.459 e. The summed E-state index contributed by atoms with van der Waals surface area (Å²) in [4.78, 5) is 37.6. The zero-order valence-electron chi connectivity index (χ0n) is 34.3. The number of esters is 1. The molecule has 3 heterocycles. The highest BCUT2D eigenvalue weighted by Gasteiger charge is 2.51. The van der Waals surface area contributed by atoms with Crippen molar-refractivity contribution in [2.45, 2.75) is 135 Å². The lowest BCUT2D eigenvalue weighted by Crippen LogP contribution is -2.60. The summed E-state index contributed by atoms with van der Waals surface area (Å²) in [5.41, 5.74) is -2.00. The molecule has 306 valence electrons. The predicted octanol–water partition coefficient (Wildman–Crippen LogP) is 1.22. The molecule has 2 radical (unpaired) electrons. The first-order valence-electron chi connectivity index (χ1n) is 19.1. The number of ketones is 1. The van der Waals surface area contributed by atoms with Gasteiger partial charge in [-0.15, -0.1) is 5.10 Å². The van der Waals surface area contributed by atoms with Gasteiger partial charge in [0, 0.05) is 56.6 Å². The van der Waals surface area contributed by atoms with Gasteiger partial charge in [-0.2, -0.15) is 0 Å². The number of aromatic nitrogens is 3. The number of carbonyl (C=O) groups excluding carboxylic acids is 2. The molecule has 2 aliphatic rings. The summed E-state index contributed by atoms with van der Waals surface area (Å²) in [7, 11) is 12.9. The van der Waals surface area contributed by atoms with Gasteiger partial charge in [0.1, 0.15) is 30.3 Å². The fourth-order valence-electron chi connectivity index (χ4n) is 7.77. The first kappa shape index (κ1) is 45.9. The van der Waals surface area contributed by atoms with E-state index in [0.29, 0.717) is 37.3 Å². The lowest BCUT2D eigenvalue weighted by atomic mass is 9.74. The molecule has 0 unspecified atom stereocenters. The second kappa shape index (κ2) is 19.6. The number of rotatable bonds is 12. The van der Waals surface area contributed by atoms with Gasteiger partial charge < -0.3 is 53.5 Å². The highest BCUT2D eigenvalue weighted by Crippen LogP contribution is 2.38. The maximum Gasteiger partial charge on any atom is 0.316 e. The molecule has 0 amide bonds. The van der Waals surface area contributed by atoms with Crippen LogP contribution in [0.2, 0.25) is 0 Å². The predicted molar refractivity (Wildman–Crippen MR) is 202 cm³/mol. The SMILES string of the molecule is [B]n1cc(CCN(C)[C@H]2C[C@@H](C)O[C@@H](O[C@@H]3[C@@H](C)C(=O)[C@@H](C)C(=O)O[C@H](CC)[C@@](C)(O)[C@H](O)[C@@H](C)C(=NOCCN(C)C)[C@H](C)C[C@@]3(C)OC)[C@@H]2O)nn1. The molecule has 2 fully saturated rings. The van der Waals surface area contributed by atoms with Crippen LogP contribution < -0.4 is 0 Å². The molecular weight excluding hydrogens is 699 g/mol. The number of carbonyl (C=O) groups is 2. The highest BCUT2D eigenvalue weighted by molar-refractivity contribution is 6.05. The number of hydrogen-bond donors (Lipinski definition) is 3. The molecule has 1 aromatic heterocycles. The van der Waals surface area contributed by atoms with Crippen molar-refractivity contribution >= 4 is 25.4 Å². The van der Waals surface area contributed by atoms with Crippen molar-refractivity contribution in [2.75, 3.05) is 47.9 Å². The van der Waals surface area contributed by atoms with E-state index in [-0.39, 0.29) is 31.6 Å². The third-order valence-electron chi connectivity index (χ3n) is 11.3. The zero-order chi connectivity index (χ0) is 40.7. The van der Waals surface area contributed by atoms with Crippen LogP contribution in [0.3, 0.4) is 0 Å². The second-order valence-electron chi connectivity index (χ2n) is 16.1. The molecule has 3 N–H and O–H groups in total. The van der Waals surface area contributed by atoms with E-state index >= 15 is 0 Å². The highest BCUT2D eigenvalue weighted by atomic mass is 16.7. The molecule has 0 bridgehead atoms. The first-order valence-corrected chi connectivity index (χ1v) is 19.1. The number of Topliss-reactive ketones (excluding diaryl/α,β-unsaturated/α-hetero) is 1. The van der Waals surface area contributed by atoms with Crippen molar-refractivity contribution in [3.05, 3.63) is 11.9 Å². The molecule has 13 atom stereocenters. The van der Waals surface area contributed by atoms with Crippen LogP contribution in [0.4, 0.5) is 0 Å². The fraction of sp³-hybridized carbons (Fsp3) is 0.865. The minimum atomic E-state index is -1.90. The lowest BCUT2D eigenvalue weighted by Gasteiger charge is -2.47. The Labute approximate surface area is 322 Å². The van der Waals surface area contributed by atoms with Crippen molar-refractivity contribution in [3.63, 3.8) is 0 Å². The Morgan fingerprint density at radius 2 is 1.76 bits per heavy atom. The summed E-state index contributed by atoms with van der Waals surface area (Å²) in [5.74, 6) is -4.76. The van der Waals surface area contributed by atoms with E-state index in [0.717, 1.165) is 4.59 Å². The van der Waals surface area contributed by atoms with Crippen molar-refractivity contribution in [3.8, 4) is 0 Å². The minimum Gasteiger partial charge on any atom is -0.459 e. The Kier molecular flexibility index (Phi) is 16.6. The lowest BCUT2D eigenvalue weighted by molar-refractivity contribution is -0.295. The number of aliphatic hydroxyl groups excluding tert-OH is 2. The number of oxime groups is 1. The Morgan fingerprint density at radius 3 is 2.33 bits per heavy atom. The molecule has 0 saturated carbocycles. The van der Waals surface area contributed by atoms with E-state index in [1.165, 1.54) is 21.0 Å². The van der Waals surface area contributed by atoms with Gasteiger partial charge in [0.05, 0.1) is 35.3 Å². The smallest absolute Gasteiger partial charge is 0.316 e. The van der Waals surface area contributed by atoms with Gasteiger partial charge in [0.2, 0.25) is 0 Å². The summed E-state index contributed by atoms with van der Waals surface area (Å²) in [6, 6.07) is -0.378. The third kappa shape index (κ3) is 11.1. The molecule has 0 aliphatic carbocycles. The van der Waals surface area contributed by atoms with Gasteiger partial charge in [0.15, 0.2) is 12.1 Å². The maximum absolute atomic E-state index is 14.2. The van der Waals surface area contributed by atoms with Crippen molar-refractivity contribution in [2.24, 2.45) is 28.8 Å².